The lowest BCUT2D eigenvalue weighted by Crippen LogP contribution is -2.32. The third kappa shape index (κ3) is 4.31. The summed E-state index contributed by atoms with van der Waals surface area (Å²) in [5, 5.41) is 18.3. The van der Waals surface area contributed by atoms with Gasteiger partial charge in [-0.15, -0.1) is 0 Å². The van der Waals surface area contributed by atoms with E-state index < -0.39 is 16.1 Å². The van der Waals surface area contributed by atoms with Crippen LogP contribution in [-0.2, 0) is 10.0 Å². The highest BCUT2D eigenvalue weighted by atomic mass is 32.2. The average Bonchev–Trinajstić information content (AvgIpc) is 2.36. The molecule has 19 heavy (non-hydrogen) atoms. The van der Waals surface area contributed by atoms with Crippen molar-refractivity contribution in [1.29, 1.82) is 5.26 Å². The van der Waals surface area contributed by atoms with Crippen molar-refractivity contribution in [3.05, 3.63) is 29.3 Å². The first kappa shape index (κ1) is 15.6. The van der Waals surface area contributed by atoms with Crippen LogP contribution in [0.25, 0.3) is 0 Å². The van der Waals surface area contributed by atoms with Crippen molar-refractivity contribution in [1.82, 2.24) is 4.72 Å². The van der Waals surface area contributed by atoms with Gasteiger partial charge in [0.1, 0.15) is 0 Å². The van der Waals surface area contributed by atoms with Gasteiger partial charge < -0.3 is 5.11 Å². The summed E-state index contributed by atoms with van der Waals surface area (Å²) < 4.78 is 26.5. The molecule has 0 aromatic heterocycles. The van der Waals surface area contributed by atoms with Gasteiger partial charge in [-0.05, 0) is 37.1 Å². The molecule has 0 amide bonds. The molecule has 0 radical (unpaired) electrons. The van der Waals surface area contributed by atoms with Gasteiger partial charge in [-0.3, -0.25) is 0 Å². The van der Waals surface area contributed by atoms with Crippen molar-refractivity contribution in [2.24, 2.45) is 0 Å². The summed E-state index contributed by atoms with van der Waals surface area (Å²) in [4.78, 5) is 0.134. The molecule has 1 atom stereocenters. The summed E-state index contributed by atoms with van der Waals surface area (Å²) in [6.45, 7) is 3.55. The number of aryl methyl sites for hydroxylation is 1. The monoisotopic (exact) mass is 282 g/mol. The fourth-order valence-electron chi connectivity index (χ4n) is 1.74. The maximum Gasteiger partial charge on any atom is 0.240 e. The van der Waals surface area contributed by atoms with Gasteiger partial charge >= 0.3 is 0 Å². The quantitative estimate of drug-likeness (QED) is 0.823. The van der Waals surface area contributed by atoms with E-state index in [0.717, 1.165) is 6.42 Å². The summed E-state index contributed by atoms with van der Waals surface area (Å²) in [6, 6.07) is 6.35. The molecule has 0 aliphatic rings. The topological polar surface area (TPSA) is 90.2 Å². The van der Waals surface area contributed by atoms with E-state index in [4.69, 9.17) is 5.26 Å². The van der Waals surface area contributed by atoms with Crippen molar-refractivity contribution in [2.45, 2.75) is 37.7 Å². The second-order valence-electron chi connectivity index (χ2n) is 4.39. The SMILES string of the molecule is CCCC(O)CNS(=O)(=O)c1ccc(C#N)cc1C. The van der Waals surface area contributed by atoms with Crippen LogP contribution in [0.5, 0.6) is 0 Å². The van der Waals surface area contributed by atoms with Crippen LogP contribution in [0.1, 0.15) is 30.9 Å². The van der Waals surface area contributed by atoms with Gasteiger partial charge in [0.2, 0.25) is 10.0 Å². The van der Waals surface area contributed by atoms with Gasteiger partial charge in [-0.1, -0.05) is 13.3 Å². The van der Waals surface area contributed by atoms with E-state index >= 15 is 0 Å². The number of rotatable bonds is 6. The van der Waals surface area contributed by atoms with Crippen LogP contribution in [-0.4, -0.2) is 26.2 Å². The third-order valence-corrected chi connectivity index (χ3v) is 4.31. The lowest BCUT2D eigenvalue weighted by atomic mass is 10.2. The van der Waals surface area contributed by atoms with Crippen LogP contribution in [0.2, 0.25) is 0 Å². The Balaban J connectivity index is 2.86. The fourth-order valence-corrected chi connectivity index (χ4v) is 3.04. The van der Waals surface area contributed by atoms with E-state index in [1.165, 1.54) is 18.2 Å². The van der Waals surface area contributed by atoms with Crippen molar-refractivity contribution in [2.75, 3.05) is 6.54 Å². The largest absolute Gasteiger partial charge is 0.392 e. The number of hydrogen-bond acceptors (Lipinski definition) is 4. The molecule has 0 aliphatic carbocycles. The van der Waals surface area contributed by atoms with Gasteiger partial charge in [0.25, 0.3) is 0 Å². The van der Waals surface area contributed by atoms with Gasteiger partial charge in [0, 0.05) is 6.54 Å². The van der Waals surface area contributed by atoms with E-state index in [9.17, 15) is 13.5 Å². The van der Waals surface area contributed by atoms with Crippen molar-refractivity contribution < 1.29 is 13.5 Å². The Kier molecular flexibility index (Phi) is 5.48. The smallest absolute Gasteiger partial charge is 0.240 e. The number of hydrogen-bond donors (Lipinski definition) is 2. The van der Waals surface area contributed by atoms with Crippen molar-refractivity contribution in [3.8, 4) is 6.07 Å². The van der Waals surface area contributed by atoms with E-state index in [2.05, 4.69) is 4.72 Å². The molecule has 0 saturated heterocycles. The molecule has 104 valence electrons. The number of aliphatic hydroxyl groups is 1. The molecule has 5 nitrogen and oxygen atoms in total. The Bertz CT molecular complexity index is 576. The molecule has 1 rings (SSSR count). The highest BCUT2D eigenvalue weighted by Gasteiger charge is 2.18. The molecular weight excluding hydrogens is 264 g/mol. The number of nitriles is 1. The van der Waals surface area contributed by atoms with Crippen LogP contribution >= 0.6 is 0 Å². The fraction of sp³-hybridized carbons (Fsp3) is 0.462. The highest BCUT2D eigenvalue weighted by Crippen LogP contribution is 2.16. The average molecular weight is 282 g/mol. The summed E-state index contributed by atoms with van der Waals surface area (Å²) in [5.74, 6) is 0. The van der Waals surface area contributed by atoms with Crippen LogP contribution in [0.4, 0.5) is 0 Å². The Labute approximate surface area is 113 Å². The van der Waals surface area contributed by atoms with Gasteiger partial charge in [0.05, 0.1) is 22.6 Å². The first-order valence-corrected chi connectivity index (χ1v) is 7.57. The van der Waals surface area contributed by atoms with Gasteiger partial charge in [0.15, 0.2) is 0 Å². The number of benzene rings is 1. The number of nitrogens with zero attached hydrogens (tertiary/aromatic N) is 1. The highest BCUT2D eigenvalue weighted by molar-refractivity contribution is 7.89. The Morgan fingerprint density at radius 2 is 2.16 bits per heavy atom. The van der Waals surface area contributed by atoms with Gasteiger partial charge in [-0.2, -0.15) is 5.26 Å². The molecule has 0 bridgehead atoms. The Morgan fingerprint density at radius 3 is 2.68 bits per heavy atom. The van der Waals surface area contributed by atoms with Crippen LogP contribution in [0, 0.1) is 18.3 Å². The van der Waals surface area contributed by atoms with Crippen LogP contribution in [0.3, 0.4) is 0 Å². The zero-order valence-electron chi connectivity index (χ0n) is 11.0. The lowest BCUT2D eigenvalue weighted by molar-refractivity contribution is 0.167. The molecule has 1 aromatic rings. The first-order chi connectivity index (χ1) is 8.90. The van der Waals surface area contributed by atoms with Crippen LogP contribution in [0.15, 0.2) is 23.1 Å². The van der Waals surface area contributed by atoms with E-state index in [1.54, 1.807) is 6.92 Å². The van der Waals surface area contributed by atoms with E-state index in [1.807, 2.05) is 13.0 Å². The van der Waals surface area contributed by atoms with Crippen LogP contribution < -0.4 is 4.72 Å². The number of sulfonamides is 1. The molecule has 0 heterocycles. The van der Waals surface area contributed by atoms with Gasteiger partial charge in [-0.25, -0.2) is 13.1 Å². The Morgan fingerprint density at radius 1 is 1.47 bits per heavy atom. The lowest BCUT2D eigenvalue weighted by Gasteiger charge is -2.12. The first-order valence-electron chi connectivity index (χ1n) is 6.09. The summed E-state index contributed by atoms with van der Waals surface area (Å²) >= 11 is 0. The number of nitrogens with one attached hydrogen (secondary N) is 1. The molecular formula is C13H18N2O3S. The minimum absolute atomic E-state index is 0.00435. The predicted molar refractivity (Wildman–Crippen MR) is 72.0 cm³/mol. The predicted octanol–water partition coefficient (Wildman–Crippen LogP) is 1.31. The molecule has 6 heteroatoms. The minimum Gasteiger partial charge on any atom is -0.392 e. The zero-order valence-corrected chi connectivity index (χ0v) is 11.9. The maximum atomic E-state index is 12.1. The number of aliphatic hydroxyl groups excluding tert-OH is 1. The van der Waals surface area contributed by atoms with E-state index in [0.29, 0.717) is 17.5 Å². The van der Waals surface area contributed by atoms with E-state index in [-0.39, 0.29) is 11.4 Å². The third-order valence-electron chi connectivity index (χ3n) is 2.72. The molecule has 0 fully saturated rings. The standard InChI is InChI=1S/C13H18N2O3S/c1-3-4-12(16)9-15-19(17,18)13-6-5-11(8-14)7-10(13)2/h5-7,12,15-16H,3-4,9H2,1-2H3. The molecule has 1 unspecified atom stereocenters. The second-order valence-corrected chi connectivity index (χ2v) is 6.12. The maximum absolute atomic E-state index is 12.1. The van der Waals surface area contributed by atoms with Crippen molar-refractivity contribution in [3.63, 3.8) is 0 Å². The Hall–Kier alpha value is -1.42. The molecule has 1 aromatic carbocycles. The molecule has 0 aliphatic heterocycles. The summed E-state index contributed by atoms with van der Waals surface area (Å²) in [6.07, 6.45) is 0.659. The van der Waals surface area contributed by atoms with Crippen molar-refractivity contribution >= 4 is 10.0 Å². The normalized spacial score (nSPS) is 12.9. The summed E-state index contributed by atoms with van der Waals surface area (Å²) in [7, 11) is -3.65. The second kappa shape index (κ2) is 6.66. The molecule has 2 N–H and O–H groups in total. The summed E-state index contributed by atoms with van der Waals surface area (Å²) in [5.41, 5.74) is 0.930. The zero-order chi connectivity index (χ0) is 14.5. The molecule has 0 saturated carbocycles. The minimum atomic E-state index is -3.65. The molecule has 0 spiro atoms.